The zero-order valence-corrected chi connectivity index (χ0v) is 14.6. The predicted molar refractivity (Wildman–Crippen MR) is 89.8 cm³/mol. The average molecular weight is 338 g/mol. The molecule has 1 atom stereocenters. The Morgan fingerprint density at radius 2 is 2.04 bits per heavy atom. The van der Waals surface area contributed by atoms with Crippen LogP contribution in [0.5, 0.6) is 0 Å². The monoisotopic (exact) mass is 337 g/mol. The number of carbonyl (C=O) groups is 1. The molecule has 2 aromatic rings. The van der Waals surface area contributed by atoms with Gasteiger partial charge in [-0.3, -0.25) is 9.36 Å². The molecule has 2 rings (SSSR count). The van der Waals surface area contributed by atoms with Crippen LogP contribution in [-0.4, -0.2) is 21.2 Å². The first-order valence-electron chi connectivity index (χ1n) is 7.25. The lowest BCUT2D eigenvalue weighted by Crippen LogP contribution is -2.36. The van der Waals surface area contributed by atoms with Gasteiger partial charge in [-0.05, 0) is 39.8 Å². The van der Waals surface area contributed by atoms with E-state index < -0.39 is 17.7 Å². The molecule has 1 heterocycles. The number of amides is 1. The van der Waals surface area contributed by atoms with E-state index in [1.54, 1.807) is 52.9 Å². The molecule has 0 spiro atoms. The Labute approximate surface area is 139 Å². The molecule has 0 fully saturated rings. The molecule has 124 valence electrons. The average Bonchev–Trinajstić information content (AvgIpc) is 2.40. The van der Waals surface area contributed by atoms with E-state index in [2.05, 4.69) is 10.3 Å². The molecule has 0 radical (unpaired) electrons. The van der Waals surface area contributed by atoms with Crippen LogP contribution in [0.15, 0.2) is 23.0 Å². The molecule has 0 unspecified atom stereocenters. The summed E-state index contributed by atoms with van der Waals surface area (Å²) in [5, 5.41) is 3.41. The number of rotatable bonds is 2. The van der Waals surface area contributed by atoms with E-state index in [1.165, 1.54) is 4.57 Å². The first-order chi connectivity index (χ1) is 10.6. The van der Waals surface area contributed by atoms with Crippen molar-refractivity contribution in [2.45, 2.75) is 39.3 Å². The summed E-state index contributed by atoms with van der Waals surface area (Å²) >= 11 is 6.08. The van der Waals surface area contributed by atoms with Crippen molar-refractivity contribution in [3.8, 4) is 0 Å². The number of nitrogens with one attached hydrogen (secondary N) is 1. The highest BCUT2D eigenvalue weighted by molar-refractivity contribution is 6.35. The number of hydrogen-bond donors (Lipinski definition) is 1. The van der Waals surface area contributed by atoms with Gasteiger partial charge in [-0.1, -0.05) is 17.7 Å². The van der Waals surface area contributed by atoms with Gasteiger partial charge in [-0.25, -0.2) is 9.78 Å². The zero-order valence-electron chi connectivity index (χ0n) is 13.8. The van der Waals surface area contributed by atoms with Crippen molar-refractivity contribution in [3.05, 3.63) is 39.4 Å². The Hall–Kier alpha value is -2.08. The fourth-order valence-corrected chi connectivity index (χ4v) is 2.47. The van der Waals surface area contributed by atoms with Crippen LogP contribution >= 0.6 is 11.6 Å². The molecule has 0 bridgehead atoms. The number of carbonyl (C=O) groups excluding carboxylic acids is 1. The van der Waals surface area contributed by atoms with Crippen molar-refractivity contribution < 1.29 is 9.53 Å². The molecule has 1 N–H and O–H groups in total. The van der Waals surface area contributed by atoms with Crippen molar-refractivity contribution in [2.24, 2.45) is 7.05 Å². The van der Waals surface area contributed by atoms with Gasteiger partial charge in [0, 0.05) is 7.05 Å². The van der Waals surface area contributed by atoms with Crippen LogP contribution in [-0.2, 0) is 11.8 Å². The molecule has 0 saturated carbocycles. The van der Waals surface area contributed by atoms with Crippen LogP contribution in [0.3, 0.4) is 0 Å². The summed E-state index contributed by atoms with van der Waals surface area (Å²) in [7, 11) is 1.60. The Balaban J connectivity index is 2.38. The van der Waals surface area contributed by atoms with E-state index >= 15 is 0 Å². The summed E-state index contributed by atoms with van der Waals surface area (Å²) < 4.78 is 6.61. The van der Waals surface area contributed by atoms with Crippen molar-refractivity contribution in [3.63, 3.8) is 0 Å². The third-order valence-corrected chi connectivity index (χ3v) is 3.52. The number of hydrogen-bond acceptors (Lipinski definition) is 4. The summed E-state index contributed by atoms with van der Waals surface area (Å²) in [6, 6.07) is 4.60. The van der Waals surface area contributed by atoms with Crippen LogP contribution in [0.4, 0.5) is 4.79 Å². The van der Waals surface area contributed by atoms with Gasteiger partial charge in [0.2, 0.25) is 0 Å². The fraction of sp³-hybridized carbons (Fsp3) is 0.438. The third-order valence-electron chi connectivity index (χ3n) is 3.21. The van der Waals surface area contributed by atoms with Gasteiger partial charge < -0.3 is 10.1 Å². The Morgan fingerprint density at radius 3 is 2.65 bits per heavy atom. The number of aromatic nitrogens is 2. The van der Waals surface area contributed by atoms with Crippen molar-refractivity contribution in [1.82, 2.24) is 14.9 Å². The normalized spacial score (nSPS) is 13.0. The van der Waals surface area contributed by atoms with E-state index in [9.17, 15) is 9.59 Å². The van der Waals surface area contributed by atoms with Gasteiger partial charge in [0.05, 0.1) is 22.0 Å². The van der Waals surface area contributed by atoms with Crippen LogP contribution in [0.25, 0.3) is 10.9 Å². The van der Waals surface area contributed by atoms with Crippen LogP contribution in [0, 0.1) is 0 Å². The SMILES string of the molecule is C[C@H](NC(=O)OC(C)(C)C)c1nc2cccc(Cl)c2c(=O)n1C. The summed E-state index contributed by atoms with van der Waals surface area (Å²) in [4.78, 5) is 28.8. The van der Waals surface area contributed by atoms with Gasteiger partial charge in [0.15, 0.2) is 0 Å². The second-order valence-electron chi connectivity index (χ2n) is 6.34. The number of ether oxygens (including phenoxy) is 1. The lowest BCUT2D eigenvalue weighted by Gasteiger charge is -2.22. The van der Waals surface area contributed by atoms with Crippen LogP contribution in [0.1, 0.15) is 39.6 Å². The minimum Gasteiger partial charge on any atom is -0.444 e. The predicted octanol–water partition coefficient (Wildman–Crippen LogP) is 3.17. The number of fused-ring (bicyclic) bond motifs is 1. The molecule has 0 aliphatic rings. The molecular weight excluding hydrogens is 318 g/mol. The van der Waals surface area contributed by atoms with Crippen LogP contribution in [0.2, 0.25) is 5.02 Å². The smallest absolute Gasteiger partial charge is 0.408 e. The Kier molecular flexibility index (Phi) is 4.66. The highest BCUT2D eigenvalue weighted by Crippen LogP contribution is 2.20. The summed E-state index contributed by atoms with van der Waals surface area (Å²) in [6.07, 6.45) is -0.564. The van der Waals surface area contributed by atoms with Crippen LogP contribution < -0.4 is 10.9 Å². The molecule has 23 heavy (non-hydrogen) atoms. The fourth-order valence-electron chi connectivity index (χ4n) is 2.22. The van der Waals surface area contributed by atoms with Gasteiger partial charge in [-0.15, -0.1) is 0 Å². The van der Waals surface area contributed by atoms with E-state index in [4.69, 9.17) is 16.3 Å². The van der Waals surface area contributed by atoms with Gasteiger partial charge >= 0.3 is 6.09 Å². The van der Waals surface area contributed by atoms with E-state index in [0.29, 0.717) is 21.7 Å². The van der Waals surface area contributed by atoms with Gasteiger partial charge in [-0.2, -0.15) is 0 Å². The molecule has 1 amide bonds. The minimum absolute atomic E-state index is 0.256. The number of nitrogens with zero attached hydrogens (tertiary/aromatic N) is 2. The lowest BCUT2D eigenvalue weighted by atomic mass is 10.2. The second kappa shape index (κ2) is 6.20. The largest absolute Gasteiger partial charge is 0.444 e. The van der Waals surface area contributed by atoms with Crippen molar-refractivity contribution in [1.29, 1.82) is 0 Å². The molecule has 0 aliphatic carbocycles. The lowest BCUT2D eigenvalue weighted by molar-refractivity contribution is 0.0505. The number of benzene rings is 1. The zero-order chi connectivity index (χ0) is 17.4. The minimum atomic E-state index is -0.597. The first-order valence-corrected chi connectivity index (χ1v) is 7.62. The third kappa shape index (κ3) is 3.82. The highest BCUT2D eigenvalue weighted by atomic mass is 35.5. The topological polar surface area (TPSA) is 73.2 Å². The maximum atomic E-state index is 12.5. The highest BCUT2D eigenvalue weighted by Gasteiger charge is 2.21. The van der Waals surface area contributed by atoms with Gasteiger partial charge in [0.25, 0.3) is 5.56 Å². The maximum absolute atomic E-state index is 12.5. The molecule has 6 nitrogen and oxygen atoms in total. The quantitative estimate of drug-likeness (QED) is 0.913. The molecule has 1 aromatic carbocycles. The summed E-state index contributed by atoms with van der Waals surface area (Å²) in [6.45, 7) is 7.08. The van der Waals surface area contributed by atoms with E-state index in [1.807, 2.05) is 0 Å². The van der Waals surface area contributed by atoms with Crippen molar-refractivity contribution >= 4 is 28.6 Å². The van der Waals surface area contributed by atoms with E-state index in [-0.39, 0.29) is 5.56 Å². The maximum Gasteiger partial charge on any atom is 0.408 e. The molecule has 0 aliphatic heterocycles. The Morgan fingerprint density at radius 1 is 1.39 bits per heavy atom. The summed E-state index contributed by atoms with van der Waals surface area (Å²) in [5.41, 5.74) is -0.359. The molecule has 0 saturated heterocycles. The van der Waals surface area contributed by atoms with Crippen molar-refractivity contribution in [2.75, 3.05) is 0 Å². The van der Waals surface area contributed by atoms with E-state index in [0.717, 1.165) is 0 Å². The number of alkyl carbamates (subject to hydrolysis) is 1. The summed E-state index contributed by atoms with van der Waals surface area (Å²) in [5.74, 6) is 0.427. The first kappa shape index (κ1) is 17.3. The Bertz CT molecular complexity index is 809. The molecule has 7 heteroatoms. The van der Waals surface area contributed by atoms with Gasteiger partial charge in [0.1, 0.15) is 11.4 Å². The second-order valence-corrected chi connectivity index (χ2v) is 6.74. The molecular formula is C16H20ClN3O3. The standard InChI is InChI=1S/C16H20ClN3O3/c1-9(18-15(22)23-16(2,3)4)13-19-11-8-6-7-10(17)12(11)14(21)20(13)5/h6-9H,1-5H3,(H,18,22)/t9-/m0/s1. The number of halogens is 1. The molecule has 1 aromatic heterocycles.